The van der Waals surface area contributed by atoms with Gasteiger partial charge in [0.2, 0.25) is 5.91 Å². The zero-order valence-corrected chi connectivity index (χ0v) is 16.2. The van der Waals surface area contributed by atoms with Gasteiger partial charge in [-0.2, -0.15) is 0 Å². The molecule has 4 heterocycles. The zero-order chi connectivity index (χ0) is 19.1. The molecule has 142 valence electrons. The average molecular weight is 393 g/mol. The number of fused-ring (bicyclic) bond motifs is 1. The van der Waals surface area contributed by atoms with Crippen molar-refractivity contribution >= 4 is 34.1 Å². The fraction of sp³-hybridized carbons (Fsp3) is 0.318. The second kappa shape index (κ2) is 6.74. The van der Waals surface area contributed by atoms with Crippen LogP contribution in [-0.2, 0) is 4.79 Å². The van der Waals surface area contributed by atoms with E-state index in [4.69, 9.17) is 11.6 Å². The van der Waals surface area contributed by atoms with E-state index in [0.29, 0.717) is 5.02 Å². The van der Waals surface area contributed by atoms with E-state index in [9.17, 15) is 4.79 Å². The van der Waals surface area contributed by atoms with Gasteiger partial charge < -0.3 is 10.2 Å². The second-order valence-corrected chi connectivity index (χ2v) is 8.07. The van der Waals surface area contributed by atoms with Gasteiger partial charge in [0.1, 0.15) is 0 Å². The van der Waals surface area contributed by atoms with Gasteiger partial charge in [0.15, 0.2) is 0 Å². The third kappa shape index (κ3) is 2.73. The molecule has 1 spiro atoms. The maximum absolute atomic E-state index is 12.3. The van der Waals surface area contributed by atoms with Crippen molar-refractivity contribution in [2.75, 3.05) is 24.5 Å². The molecule has 1 N–H and O–H groups in total. The van der Waals surface area contributed by atoms with Gasteiger partial charge in [-0.15, -0.1) is 0 Å². The first-order chi connectivity index (χ1) is 13.7. The Labute approximate surface area is 168 Å². The summed E-state index contributed by atoms with van der Waals surface area (Å²) in [6, 6.07) is 10.2. The summed E-state index contributed by atoms with van der Waals surface area (Å²) in [6.45, 7) is 2.42. The van der Waals surface area contributed by atoms with Gasteiger partial charge in [-0.25, -0.2) is 0 Å². The summed E-state index contributed by atoms with van der Waals surface area (Å²) in [4.78, 5) is 23.5. The largest absolute Gasteiger partial charge is 0.370 e. The number of carbonyl (C=O) groups is 1. The van der Waals surface area contributed by atoms with Crippen molar-refractivity contribution in [1.29, 1.82) is 0 Å². The van der Waals surface area contributed by atoms with Crippen molar-refractivity contribution in [2.45, 2.75) is 19.3 Å². The molecule has 6 heteroatoms. The van der Waals surface area contributed by atoms with Gasteiger partial charge in [0.25, 0.3) is 0 Å². The molecule has 1 amide bonds. The van der Waals surface area contributed by atoms with Crippen LogP contribution in [0.1, 0.15) is 19.3 Å². The summed E-state index contributed by atoms with van der Waals surface area (Å²) >= 11 is 6.64. The molecule has 2 aliphatic rings. The second-order valence-electron chi connectivity index (χ2n) is 7.67. The van der Waals surface area contributed by atoms with Crippen LogP contribution in [-0.4, -0.2) is 35.5 Å². The molecule has 0 unspecified atom stereocenters. The van der Waals surface area contributed by atoms with Crippen molar-refractivity contribution in [1.82, 2.24) is 15.3 Å². The number of anilines is 1. The van der Waals surface area contributed by atoms with E-state index >= 15 is 0 Å². The van der Waals surface area contributed by atoms with Gasteiger partial charge in [-0.1, -0.05) is 29.8 Å². The first-order valence-electron chi connectivity index (χ1n) is 9.69. The SMILES string of the molecule is O=C1NCCC12CCN(c1c(Cl)cncc1-c1cccc3ncccc13)CC2. The van der Waals surface area contributed by atoms with Crippen LogP contribution >= 0.6 is 11.6 Å². The van der Waals surface area contributed by atoms with E-state index in [1.807, 2.05) is 24.4 Å². The van der Waals surface area contributed by atoms with E-state index < -0.39 is 0 Å². The topological polar surface area (TPSA) is 58.1 Å². The molecular formula is C22H21ClN4O. The molecule has 2 saturated heterocycles. The molecule has 3 aromatic rings. The monoisotopic (exact) mass is 392 g/mol. The third-order valence-corrected chi connectivity index (χ3v) is 6.49. The summed E-state index contributed by atoms with van der Waals surface area (Å²) in [6.07, 6.45) is 8.04. The quantitative estimate of drug-likeness (QED) is 0.714. The van der Waals surface area contributed by atoms with E-state index in [2.05, 4.69) is 32.3 Å². The Morgan fingerprint density at radius 3 is 2.68 bits per heavy atom. The molecule has 0 atom stereocenters. The van der Waals surface area contributed by atoms with Crippen molar-refractivity contribution in [2.24, 2.45) is 5.41 Å². The molecule has 2 aliphatic heterocycles. The van der Waals surface area contributed by atoms with Crippen LogP contribution in [0.15, 0.2) is 48.9 Å². The fourth-order valence-corrected chi connectivity index (χ4v) is 4.91. The molecular weight excluding hydrogens is 372 g/mol. The number of pyridine rings is 2. The highest BCUT2D eigenvalue weighted by atomic mass is 35.5. The van der Waals surface area contributed by atoms with Crippen LogP contribution in [0.25, 0.3) is 22.0 Å². The lowest BCUT2D eigenvalue weighted by Gasteiger charge is -2.39. The first kappa shape index (κ1) is 17.4. The summed E-state index contributed by atoms with van der Waals surface area (Å²) in [5, 5.41) is 4.73. The molecule has 5 nitrogen and oxygen atoms in total. The number of piperidine rings is 1. The van der Waals surface area contributed by atoms with Crippen molar-refractivity contribution in [3.8, 4) is 11.1 Å². The first-order valence-corrected chi connectivity index (χ1v) is 10.1. The number of rotatable bonds is 2. The molecule has 0 saturated carbocycles. The van der Waals surface area contributed by atoms with E-state index in [1.54, 1.807) is 12.4 Å². The predicted molar refractivity (Wildman–Crippen MR) is 111 cm³/mol. The molecule has 2 aromatic heterocycles. The van der Waals surface area contributed by atoms with E-state index in [0.717, 1.165) is 66.6 Å². The highest BCUT2D eigenvalue weighted by Gasteiger charge is 2.44. The molecule has 2 fully saturated rings. The Kier molecular flexibility index (Phi) is 4.20. The molecule has 0 bridgehead atoms. The van der Waals surface area contributed by atoms with Gasteiger partial charge in [0, 0.05) is 49.2 Å². The van der Waals surface area contributed by atoms with Gasteiger partial charge >= 0.3 is 0 Å². The Morgan fingerprint density at radius 1 is 1.04 bits per heavy atom. The molecule has 1 aromatic carbocycles. The maximum atomic E-state index is 12.3. The van der Waals surface area contributed by atoms with Gasteiger partial charge in [-0.3, -0.25) is 14.8 Å². The standard InChI is InChI=1S/C22H21ClN4O/c23-18-14-24-13-17(15-3-1-5-19-16(15)4-2-9-25-19)20(18)27-11-7-22(8-12-27)6-10-26-21(22)28/h1-5,9,13-14H,6-8,10-12H2,(H,26,28). The van der Waals surface area contributed by atoms with Crippen LogP contribution in [0, 0.1) is 5.41 Å². The minimum atomic E-state index is -0.195. The summed E-state index contributed by atoms with van der Waals surface area (Å²) in [7, 11) is 0. The van der Waals surface area contributed by atoms with Gasteiger partial charge in [0.05, 0.1) is 21.6 Å². The number of halogens is 1. The fourth-order valence-electron chi connectivity index (χ4n) is 4.64. The number of nitrogens with one attached hydrogen (secondary N) is 1. The number of hydrogen-bond acceptors (Lipinski definition) is 4. The van der Waals surface area contributed by atoms with Crippen LogP contribution in [0.4, 0.5) is 5.69 Å². The third-order valence-electron chi connectivity index (χ3n) is 6.22. The normalized spacial score (nSPS) is 18.6. The maximum Gasteiger partial charge on any atom is 0.226 e. The Hall–Kier alpha value is -2.66. The average Bonchev–Trinajstić information content (AvgIpc) is 3.08. The highest BCUT2D eigenvalue weighted by Crippen LogP contribution is 2.44. The van der Waals surface area contributed by atoms with Crippen LogP contribution in [0.2, 0.25) is 5.02 Å². The highest BCUT2D eigenvalue weighted by molar-refractivity contribution is 6.34. The summed E-state index contributed by atoms with van der Waals surface area (Å²) < 4.78 is 0. The van der Waals surface area contributed by atoms with Crippen LogP contribution in [0.5, 0.6) is 0 Å². The van der Waals surface area contributed by atoms with Crippen LogP contribution in [0.3, 0.4) is 0 Å². The van der Waals surface area contributed by atoms with E-state index in [1.165, 1.54) is 0 Å². The van der Waals surface area contributed by atoms with Crippen molar-refractivity contribution < 1.29 is 4.79 Å². The summed E-state index contributed by atoms with van der Waals surface area (Å²) in [5.74, 6) is 0.216. The van der Waals surface area contributed by atoms with Crippen molar-refractivity contribution in [3.63, 3.8) is 0 Å². The lowest BCUT2D eigenvalue weighted by Crippen LogP contribution is -2.44. The van der Waals surface area contributed by atoms with E-state index in [-0.39, 0.29) is 11.3 Å². The van der Waals surface area contributed by atoms with Crippen molar-refractivity contribution in [3.05, 3.63) is 53.9 Å². The number of nitrogens with zero attached hydrogens (tertiary/aromatic N) is 3. The zero-order valence-electron chi connectivity index (χ0n) is 15.5. The lowest BCUT2D eigenvalue weighted by molar-refractivity contribution is -0.128. The molecule has 28 heavy (non-hydrogen) atoms. The van der Waals surface area contributed by atoms with Crippen LogP contribution < -0.4 is 10.2 Å². The smallest absolute Gasteiger partial charge is 0.226 e. The Morgan fingerprint density at radius 2 is 1.89 bits per heavy atom. The summed E-state index contributed by atoms with van der Waals surface area (Å²) in [5.41, 5.74) is 3.85. The number of hydrogen-bond donors (Lipinski definition) is 1. The number of benzene rings is 1. The molecule has 5 rings (SSSR count). The number of aromatic nitrogens is 2. The minimum absolute atomic E-state index is 0.195. The number of carbonyl (C=O) groups excluding carboxylic acids is 1. The lowest BCUT2D eigenvalue weighted by atomic mass is 9.77. The molecule has 0 radical (unpaired) electrons. The van der Waals surface area contributed by atoms with Gasteiger partial charge in [-0.05, 0) is 37.0 Å². The minimum Gasteiger partial charge on any atom is -0.370 e. The predicted octanol–water partition coefficient (Wildman–Crippen LogP) is 4.06. The Balaban J connectivity index is 1.56. The Bertz CT molecular complexity index is 1050. The number of amides is 1. The molecule has 0 aliphatic carbocycles.